The van der Waals surface area contributed by atoms with Gasteiger partial charge in [-0.2, -0.15) is 0 Å². The lowest BCUT2D eigenvalue weighted by Gasteiger charge is -2.13. The van der Waals surface area contributed by atoms with Gasteiger partial charge < -0.3 is 4.74 Å². The molecule has 8 heteroatoms. The van der Waals surface area contributed by atoms with Gasteiger partial charge in [0.25, 0.3) is 0 Å². The third-order valence-corrected chi connectivity index (χ3v) is 5.33. The molecule has 0 radical (unpaired) electrons. The molecule has 1 atom stereocenters. The summed E-state index contributed by atoms with van der Waals surface area (Å²) >= 11 is 5.78. The summed E-state index contributed by atoms with van der Waals surface area (Å²) in [5.41, 5.74) is 0.526. The van der Waals surface area contributed by atoms with Crippen LogP contribution in [0.5, 0.6) is 0 Å². The molecule has 2 aromatic carbocycles. The lowest BCUT2D eigenvalue weighted by atomic mass is 10.1. The van der Waals surface area contributed by atoms with Crippen LogP contribution in [0.25, 0.3) is 0 Å². The predicted molar refractivity (Wildman–Crippen MR) is 98.0 cm³/mol. The van der Waals surface area contributed by atoms with E-state index in [0.717, 1.165) is 0 Å². The van der Waals surface area contributed by atoms with Crippen molar-refractivity contribution in [1.29, 1.82) is 0 Å². The Kier molecular flexibility index (Phi) is 6.52. The van der Waals surface area contributed by atoms with Gasteiger partial charge in [-0.3, -0.25) is 4.79 Å². The van der Waals surface area contributed by atoms with Gasteiger partial charge in [0.15, 0.2) is 6.10 Å². The highest BCUT2D eigenvalue weighted by atomic mass is 35.5. The Morgan fingerprint density at radius 1 is 1.04 bits per heavy atom. The summed E-state index contributed by atoms with van der Waals surface area (Å²) in [4.78, 5) is 24.5. The molecule has 0 aliphatic heterocycles. The van der Waals surface area contributed by atoms with Crippen molar-refractivity contribution < 1.29 is 22.7 Å². The number of ketones is 1. The van der Waals surface area contributed by atoms with E-state index >= 15 is 0 Å². The first-order valence-corrected chi connectivity index (χ1v) is 9.71. The molecular weight excluding hydrogens is 378 g/mol. The maximum atomic E-state index is 12.3. The number of benzene rings is 2. The number of ether oxygens (including phenoxy) is 1. The fourth-order valence-electron chi connectivity index (χ4n) is 2.17. The number of carbonyl (C=O) groups excluding carboxylic acids is 2. The molecule has 6 nitrogen and oxygen atoms in total. The van der Waals surface area contributed by atoms with E-state index in [9.17, 15) is 18.0 Å². The van der Waals surface area contributed by atoms with Gasteiger partial charge in [0.2, 0.25) is 15.8 Å². The van der Waals surface area contributed by atoms with Gasteiger partial charge in [-0.15, -0.1) is 0 Å². The molecule has 0 heterocycles. The third kappa shape index (κ3) is 4.91. The summed E-state index contributed by atoms with van der Waals surface area (Å²) in [6.45, 7) is 3.40. The molecule has 0 fully saturated rings. The van der Waals surface area contributed by atoms with Gasteiger partial charge >= 0.3 is 5.97 Å². The van der Waals surface area contributed by atoms with Crippen molar-refractivity contribution in [1.82, 2.24) is 4.72 Å². The van der Waals surface area contributed by atoms with Crippen LogP contribution in [0.4, 0.5) is 0 Å². The van der Waals surface area contributed by atoms with Crippen LogP contribution in [0.3, 0.4) is 0 Å². The van der Waals surface area contributed by atoms with Crippen LogP contribution in [0.2, 0.25) is 5.02 Å². The number of rotatable bonds is 7. The molecule has 0 unspecified atom stereocenters. The first-order valence-electron chi connectivity index (χ1n) is 7.85. The molecule has 0 aromatic heterocycles. The fourth-order valence-corrected chi connectivity index (χ4v) is 3.34. The van der Waals surface area contributed by atoms with E-state index in [0.29, 0.717) is 10.6 Å². The zero-order valence-electron chi connectivity index (χ0n) is 14.2. The van der Waals surface area contributed by atoms with Crippen molar-refractivity contribution in [3.05, 3.63) is 64.7 Å². The molecule has 0 aliphatic carbocycles. The topological polar surface area (TPSA) is 89.5 Å². The standard InChI is InChI=1S/C18H18ClNO5S/c1-3-20-26(23,24)16-10-6-14(7-11-16)18(22)25-12(2)17(21)13-4-8-15(19)9-5-13/h4-12,20H,3H2,1-2H3/t12-/m1/s1. The molecule has 0 spiro atoms. The molecule has 26 heavy (non-hydrogen) atoms. The van der Waals surface area contributed by atoms with Crippen LogP contribution in [0.15, 0.2) is 53.4 Å². The van der Waals surface area contributed by atoms with Crippen LogP contribution in [0.1, 0.15) is 34.6 Å². The van der Waals surface area contributed by atoms with Gasteiger partial charge in [-0.05, 0) is 55.5 Å². The highest BCUT2D eigenvalue weighted by molar-refractivity contribution is 7.89. The number of Topliss-reactive ketones (excluding diaryl/α,β-unsaturated/α-hetero) is 1. The Hall–Kier alpha value is -2.22. The molecule has 0 saturated carbocycles. The number of esters is 1. The summed E-state index contributed by atoms with van der Waals surface area (Å²) in [6.07, 6.45) is -0.992. The average Bonchev–Trinajstić information content (AvgIpc) is 2.61. The number of carbonyl (C=O) groups is 2. The molecule has 0 saturated heterocycles. The van der Waals surface area contributed by atoms with Gasteiger partial charge in [-0.25, -0.2) is 17.9 Å². The minimum absolute atomic E-state index is 0.0428. The Labute approximate surface area is 157 Å². The van der Waals surface area contributed by atoms with Gasteiger partial charge in [0.05, 0.1) is 10.5 Å². The number of halogens is 1. The summed E-state index contributed by atoms with van der Waals surface area (Å²) in [6, 6.07) is 11.5. The smallest absolute Gasteiger partial charge is 0.338 e. The van der Waals surface area contributed by atoms with E-state index < -0.39 is 22.1 Å². The number of hydrogen-bond acceptors (Lipinski definition) is 5. The molecule has 2 rings (SSSR count). The highest BCUT2D eigenvalue weighted by Gasteiger charge is 2.21. The lowest BCUT2D eigenvalue weighted by Crippen LogP contribution is -2.25. The molecular formula is C18H18ClNO5S. The lowest BCUT2D eigenvalue weighted by molar-refractivity contribution is 0.0318. The molecule has 1 N–H and O–H groups in total. The van der Waals surface area contributed by atoms with Crippen molar-refractivity contribution in [2.75, 3.05) is 6.54 Å². The van der Waals surface area contributed by atoms with Crippen LogP contribution in [-0.4, -0.2) is 32.8 Å². The third-order valence-electron chi connectivity index (χ3n) is 3.52. The van der Waals surface area contributed by atoms with Crippen LogP contribution in [0, 0.1) is 0 Å². The van der Waals surface area contributed by atoms with E-state index in [1.165, 1.54) is 31.2 Å². The van der Waals surface area contributed by atoms with Gasteiger partial charge in [-0.1, -0.05) is 18.5 Å². The molecule has 0 bridgehead atoms. The minimum Gasteiger partial charge on any atom is -0.451 e. The monoisotopic (exact) mass is 395 g/mol. The van der Waals surface area contributed by atoms with E-state index in [1.807, 2.05) is 0 Å². The molecule has 2 aromatic rings. The predicted octanol–water partition coefficient (Wildman–Crippen LogP) is 3.07. The van der Waals surface area contributed by atoms with Gasteiger partial charge in [0.1, 0.15) is 0 Å². The van der Waals surface area contributed by atoms with Crippen LogP contribution < -0.4 is 4.72 Å². The maximum Gasteiger partial charge on any atom is 0.338 e. The Morgan fingerprint density at radius 2 is 1.58 bits per heavy atom. The number of nitrogens with one attached hydrogen (secondary N) is 1. The van der Waals surface area contributed by atoms with Gasteiger partial charge in [0, 0.05) is 17.1 Å². The van der Waals surface area contributed by atoms with Crippen LogP contribution >= 0.6 is 11.6 Å². The van der Waals surface area contributed by atoms with Crippen molar-refractivity contribution >= 4 is 33.4 Å². The fraction of sp³-hybridized carbons (Fsp3) is 0.222. The SMILES string of the molecule is CCNS(=O)(=O)c1ccc(C(=O)O[C@H](C)C(=O)c2ccc(Cl)cc2)cc1. The normalized spacial score (nSPS) is 12.4. The average molecular weight is 396 g/mol. The summed E-state index contributed by atoms with van der Waals surface area (Å²) in [7, 11) is -3.60. The van der Waals surface area contributed by atoms with E-state index in [4.69, 9.17) is 16.3 Å². The van der Waals surface area contributed by atoms with E-state index in [-0.39, 0.29) is 22.8 Å². The van der Waals surface area contributed by atoms with Crippen LogP contribution in [-0.2, 0) is 14.8 Å². The van der Waals surface area contributed by atoms with Crippen molar-refractivity contribution in [2.24, 2.45) is 0 Å². The number of sulfonamides is 1. The Morgan fingerprint density at radius 3 is 2.12 bits per heavy atom. The molecule has 0 aliphatic rings. The minimum atomic E-state index is -3.60. The van der Waals surface area contributed by atoms with E-state index in [2.05, 4.69) is 4.72 Å². The quantitative estimate of drug-likeness (QED) is 0.574. The highest BCUT2D eigenvalue weighted by Crippen LogP contribution is 2.15. The first kappa shape index (κ1) is 20.1. The Bertz CT molecular complexity index is 892. The number of hydrogen-bond donors (Lipinski definition) is 1. The second-order valence-electron chi connectivity index (χ2n) is 5.44. The van der Waals surface area contributed by atoms with Crippen molar-refractivity contribution in [3.8, 4) is 0 Å². The first-order chi connectivity index (χ1) is 12.2. The maximum absolute atomic E-state index is 12.3. The molecule has 138 valence electrons. The van der Waals surface area contributed by atoms with E-state index in [1.54, 1.807) is 31.2 Å². The van der Waals surface area contributed by atoms with Crippen molar-refractivity contribution in [3.63, 3.8) is 0 Å². The molecule has 0 amide bonds. The van der Waals surface area contributed by atoms with Crippen molar-refractivity contribution in [2.45, 2.75) is 24.8 Å². The zero-order valence-corrected chi connectivity index (χ0v) is 15.8. The summed E-state index contributed by atoms with van der Waals surface area (Å²) in [5, 5.41) is 0.499. The second-order valence-corrected chi connectivity index (χ2v) is 7.65. The zero-order chi connectivity index (χ0) is 19.3. The largest absolute Gasteiger partial charge is 0.451 e. The Balaban J connectivity index is 2.07. The summed E-state index contributed by atoms with van der Waals surface area (Å²) < 4.78 is 31.3. The summed E-state index contributed by atoms with van der Waals surface area (Å²) in [5.74, 6) is -1.08. The second kappa shape index (κ2) is 8.44.